The fourth-order valence-corrected chi connectivity index (χ4v) is 1.96. The van der Waals surface area contributed by atoms with Gasteiger partial charge in [0.15, 0.2) is 0 Å². The van der Waals surface area contributed by atoms with E-state index in [0.717, 1.165) is 17.0 Å². The van der Waals surface area contributed by atoms with Crippen molar-refractivity contribution in [2.75, 3.05) is 21.3 Å². The van der Waals surface area contributed by atoms with Crippen molar-refractivity contribution in [1.82, 2.24) is 15.5 Å². The minimum absolute atomic E-state index is 0.0745. The zero-order valence-corrected chi connectivity index (χ0v) is 11.3. The van der Waals surface area contributed by atoms with Crippen LogP contribution in [0.1, 0.15) is 17.3 Å². The van der Waals surface area contributed by atoms with Gasteiger partial charge in [-0.25, -0.2) is 0 Å². The number of nitrogens with zero attached hydrogens (tertiary/aromatic N) is 2. The average Bonchev–Trinajstić information content (AvgIpc) is 2.49. The highest BCUT2D eigenvalue weighted by molar-refractivity contribution is 5.39. The van der Waals surface area contributed by atoms with Crippen LogP contribution in [0.25, 0.3) is 0 Å². The Balaban J connectivity index is 2.37. The third-order valence-corrected chi connectivity index (χ3v) is 2.90. The molecule has 0 saturated carbocycles. The molecule has 0 spiro atoms. The van der Waals surface area contributed by atoms with Crippen LogP contribution in [0.3, 0.4) is 0 Å². The predicted octanol–water partition coefficient (Wildman–Crippen LogP) is 1.80. The van der Waals surface area contributed by atoms with Gasteiger partial charge in [0.2, 0.25) is 5.88 Å². The first-order chi connectivity index (χ1) is 9.30. The zero-order valence-electron chi connectivity index (χ0n) is 11.3. The van der Waals surface area contributed by atoms with Crippen molar-refractivity contribution in [2.24, 2.45) is 0 Å². The van der Waals surface area contributed by atoms with Gasteiger partial charge in [-0.15, -0.1) is 10.2 Å². The summed E-state index contributed by atoms with van der Waals surface area (Å²) >= 11 is 0. The lowest BCUT2D eigenvalue weighted by Gasteiger charge is -2.18. The molecule has 0 radical (unpaired) electrons. The van der Waals surface area contributed by atoms with E-state index in [1.54, 1.807) is 20.3 Å². The van der Waals surface area contributed by atoms with Gasteiger partial charge in [-0.05, 0) is 19.2 Å². The lowest BCUT2D eigenvalue weighted by molar-refractivity contribution is 0.389. The van der Waals surface area contributed by atoms with Crippen LogP contribution in [0.2, 0.25) is 0 Å². The fourth-order valence-electron chi connectivity index (χ4n) is 1.96. The van der Waals surface area contributed by atoms with Gasteiger partial charge in [0.05, 0.1) is 26.0 Å². The standard InChI is InChI=1S/C14H17N3O2/c1-15-14(10-6-4-5-7-12(10)18-2)11-8-9-13(19-3)17-16-11/h4-9,14-15H,1-3H3. The highest BCUT2D eigenvalue weighted by Crippen LogP contribution is 2.28. The molecule has 1 heterocycles. The molecule has 0 amide bonds. The van der Waals surface area contributed by atoms with Crippen molar-refractivity contribution in [3.8, 4) is 11.6 Å². The molecule has 0 aliphatic rings. The molecular formula is C14H17N3O2. The van der Waals surface area contributed by atoms with Crippen LogP contribution in [-0.2, 0) is 0 Å². The molecule has 1 unspecified atom stereocenters. The zero-order chi connectivity index (χ0) is 13.7. The third kappa shape index (κ3) is 2.82. The molecule has 5 heteroatoms. The largest absolute Gasteiger partial charge is 0.496 e. The Morgan fingerprint density at radius 3 is 2.37 bits per heavy atom. The van der Waals surface area contributed by atoms with Crippen LogP contribution < -0.4 is 14.8 Å². The Morgan fingerprint density at radius 2 is 1.79 bits per heavy atom. The minimum Gasteiger partial charge on any atom is -0.496 e. The summed E-state index contributed by atoms with van der Waals surface area (Å²) in [6.45, 7) is 0. The monoisotopic (exact) mass is 259 g/mol. The molecule has 1 aromatic heterocycles. The van der Waals surface area contributed by atoms with Crippen molar-refractivity contribution < 1.29 is 9.47 Å². The van der Waals surface area contributed by atoms with E-state index in [2.05, 4.69) is 15.5 Å². The second-order valence-electron chi connectivity index (χ2n) is 3.96. The Labute approximate surface area is 112 Å². The molecule has 0 saturated heterocycles. The molecule has 5 nitrogen and oxygen atoms in total. The van der Waals surface area contributed by atoms with Crippen molar-refractivity contribution in [1.29, 1.82) is 0 Å². The number of methoxy groups -OCH3 is 2. The van der Waals surface area contributed by atoms with Gasteiger partial charge in [0.1, 0.15) is 5.75 Å². The van der Waals surface area contributed by atoms with Crippen molar-refractivity contribution >= 4 is 0 Å². The van der Waals surface area contributed by atoms with E-state index in [9.17, 15) is 0 Å². The van der Waals surface area contributed by atoms with Crippen molar-refractivity contribution in [3.63, 3.8) is 0 Å². The average molecular weight is 259 g/mol. The second kappa shape index (κ2) is 6.15. The molecule has 0 fully saturated rings. The molecule has 1 aromatic carbocycles. The van der Waals surface area contributed by atoms with E-state index >= 15 is 0 Å². The second-order valence-corrected chi connectivity index (χ2v) is 3.96. The Kier molecular flexibility index (Phi) is 4.30. The molecule has 2 rings (SSSR count). The normalized spacial score (nSPS) is 11.9. The molecule has 1 N–H and O–H groups in total. The molecule has 1 atom stereocenters. The number of ether oxygens (including phenoxy) is 2. The van der Waals surface area contributed by atoms with Crippen LogP contribution in [0.4, 0.5) is 0 Å². The summed E-state index contributed by atoms with van der Waals surface area (Å²) in [6, 6.07) is 11.5. The van der Waals surface area contributed by atoms with E-state index in [1.807, 2.05) is 37.4 Å². The lowest BCUT2D eigenvalue weighted by atomic mass is 10.0. The molecule has 0 aliphatic heterocycles. The van der Waals surface area contributed by atoms with Gasteiger partial charge in [0, 0.05) is 11.6 Å². The number of aromatic nitrogens is 2. The summed E-state index contributed by atoms with van der Waals surface area (Å²) in [5, 5.41) is 11.4. The number of rotatable bonds is 5. The maximum atomic E-state index is 5.38. The highest BCUT2D eigenvalue weighted by Gasteiger charge is 2.17. The first-order valence-corrected chi connectivity index (χ1v) is 5.98. The number of nitrogens with one attached hydrogen (secondary N) is 1. The quantitative estimate of drug-likeness (QED) is 0.887. The van der Waals surface area contributed by atoms with Gasteiger partial charge in [-0.2, -0.15) is 0 Å². The van der Waals surface area contributed by atoms with Crippen LogP contribution in [0.15, 0.2) is 36.4 Å². The molecule has 0 aliphatic carbocycles. The van der Waals surface area contributed by atoms with Gasteiger partial charge >= 0.3 is 0 Å². The van der Waals surface area contributed by atoms with E-state index in [-0.39, 0.29) is 6.04 Å². The predicted molar refractivity (Wildman–Crippen MR) is 72.5 cm³/mol. The number of hydrogen-bond donors (Lipinski definition) is 1. The van der Waals surface area contributed by atoms with Crippen molar-refractivity contribution in [2.45, 2.75) is 6.04 Å². The minimum atomic E-state index is -0.0745. The molecule has 2 aromatic rings. The third-order valence-electron chi connectivity index (χ3n) is 2.90. The SMILES string of the molecule is CNC(c1ccc(OC)nn1)c1ccccc1OC. The summed E-state index contributed by atoms with van der Waals surface area (Å²) in [4.78, 5) is 0. The van der Waals surface area contributed by atoms with E-state index in [0.29, 0.717) is 5.88 Å². The Morgan fingerprint density at radius 1 is 1.00 bits per heavy atom. The van der Waals surface area contributed by atoms with E-state index in [1.165, 1.54) is 0 Å². The van der Waals surface area contributed by atoms with Crippen LogP contribution in [0, 0.1) is 0 Å². The van der Waals surface area contributed by atoms with Gasteiger partial charge in [-0.1, -0.05) is 18.2 Å². The summed E-state index contributed by atoms with van der Waals surface area (Å²) in [7, 11) is 5.10. The summed E-state index contributed by atoms with van der Waals surface area (Å²) in [5.41, 5.74) is 1.83. The summed E-state index contributed by atoms with van der Waals surface area (Å²) < 4.78 is 10.4. The fraction of sp³-hybridized carbons (Fsp3) is 0.286. The van der Waals surface area contributed by atoms with E-state index in [4.69, 9.17) is 9.47 Å². The maximum Gasteiger partial charge on any atom is 0.233 e. The number of benzene rings is 1. The van der Waals surface area contributed by atoms with Crippen LogP contribution in [0.5, 0.6) is 11.6 Å². The summed E-state index contributed by atoms with van der Waals surface area (Å²) in [6.07, 6.45) is 0. The Bertz CT molecular complexity index is 528. The van der Waals surface area contributed by atoms with Gasteiger partial charge in [0.25, 0.3) is 0 Å². The first kappa shape index (κ1) is 13.3. The lowest BCUT2D eigenvalue weighted by Crippen LogP contribution is -2.20. The van der Waals surface area contributed by atoms with Crippen molar-refractivity contribution in [3.05, 3.63) is 47.7 Å². The molecular weight excluding hydrogens is 242 g/mol. The number of para-hydroxylation sites is 1. The molecule has 0 bridgehead atoms. The van der Waals surface area contributed by atoms with Gasteiger partial charge < -0.3 is 14.8 Å². The summed E-state index contributed by atoms with van der Waals surface area (Å²) in [5.74, 6) is 1.32. The van der Waals surface area contributed by atoms with Gasteiger partial charge in [-0.3, -0.25) is 0 Å². The molecule has 100 valence electrons. The van der Waals surface area contributed by atoms with Crippen LogP contribution in [-0.4, -0.2) is 31.5 Å². The first-order valence-electron chi connectivity index (χ1n) is 5.98. The molecule has 19 heavy (non-hydrogen) atoms. The smallest absolute Gasteiger partial charge is 0.233 e. The van der Waals surface area contributed by atoms with Crippen LogP contribution >= 0.6 is 0 Å². The van der Waals surface area contributed by atoms with E-state index < -0.39 is 0 Å². The number of hydrogen-bond acceptors (Lipinski definition) is 5. The highest BCUT2D eigenvalue weighted by atomic mass is 16.5. The topological polar surface area (TPSA) is 56.3 Å². The maximum absolute atomic E-state index is 5.38. The Hall–Kier alpha value is -2.14.